The third-order valence-electron chi connectivity index (χ3n) is 5.05. The molecular weight excluding hydrogens is 389 g/mol. The molecule has 2 aliphatic heterocycles. The van der Waals surface area contributed by atoms with Crippen molar-refractivity contribution < 1.29 is 13.9 Å². The van der Waals surface area contributed by atoms with E-state index < -0.39 is 5.92 Å². The number of hydrogen-bond acceptors (Lipinski definition) is 5. The summed E-state index contributed by atoms with van der Waals surface area (Å²) in [6, 6.07) is 16.2. The van der Waals surface area contributed by atoms with Crippen LogP contribution in [0, 0.1) is 17.1 Å². The number of nitrogens with zero attached hydrogens (tertiary/aromatic N) is 3. The molecule has 0 aromatic heterocycles. The van der Waals surface area contributed by atoms with Gasteiger partial charge in [0.25, 0.3) is 0 Å². The van der Waals surface area contributed by atoms with Gasteiger partial charge >= 0.3 is 0 Å². The van der Waals surface area contributed by atoms with Crippen LogP contribution in [-0.2, 0) is 4.79 Å². The molecule has 7 heteroatoms. The number of hydrogen-bond donors (Lipinski definition) is 0. The van der Waals surface area contributed by atoms with E-state index in [1.165, 1.54) is 23.9 Å². The van der Waals surface area contributed by atoms with Gasteiger partial charge in [-0.1, -0.05) is 36.0 Å². The average molecular weight is 409 g/mol. The van der Waals surface area contributed by atoms with E-state index in [9.17, 15) is 14.4 Å². The molecule has 2 aromatic rings. The van der Waals surface area contributed by atoms with Crippen LogP contribution in [0.25, 0.3) is 0 Å². The zero-order valence-corrected chi connectivity index (χ0v) is 16.8. The van der Waals surface area contributed by atoms with E-state index in [4.69, 9.17) is 4.74 Å². The topological polar surface area (TPSA) is 56.6 Å². The van der Waals surface area contributed by atoms with Gasteiger partial charge in [0.15, 0.2) is 0 Å². The second-order valence-electron chi connectivity index (χ2n) is 6.82. The molecule has 1 amide bonds. The minimum Gasteiger partial charge on any atom is -0.492 e. The Balaban J connectivity index is 1.66. The van der Waals surface area contributed by atoms with Gasteiger partial charge in [-0.25, -0.2) is 4.39 Å². The lowest BCUT2D eigenvalue weighted by molar-refractivity contribution is -0.129. The smallest absolute Gasteiger partial charge is 0.229 e. The van der Waals surface area contributed by atoms with Crippen LogP contribution in [0.4, 0.5) is 10.1 Å². The summed E-state index contributed by atoms with van der Waals surface area (Å²) in [6.45, 7) is 2.84. The first-order chi connectivity index (χ1) is 14.1. The standard InChI is InChI=1S/C22H20FN3O2S/c1-2-28-20-9-4-3-8-19(20)25-13-26-21(27)11-17(15-6-5-7-16(23)10-15)18(12-24)22(26)29-14-25/h3-10,17H,2,11,13-14H2,1H3. The maximum atomic E-state index is 13.7. The maximum absolute atomic E-state index is 13.7. The molecule has 1 saturated heterocycles. The predicted molar refractivity (Wildman–Crippen MR) is 111 cm³/mol. The zero-order chi connectivity index (χ0) is 20.4. The van der Waals surface area contributed by atoms with E-state index in [1.807, 2.05) is 31.2 Å². The van der Waals surface area contributed by atoms with Crippen LogP contribution in [0.15, 0.2) is 59.1 Å². The summed E-state index contributed by atoms with van der Waals surface area (Å²) in [4.78, 5) is 16.7. The number of amides is 1. The molecule has 29 heavy (non-hydrogen) atoms. The van der Waals surface area contributed by atoms with Crippen LogP contribution in [-0.4, -0.2) is 30.0 Å². The van der Waals surface area contributed by atoms with Crippen molar-refractivity contribution in [2.75, 3.05) is 24.1 Å². The van der Waals surface area contributed by atoms with Gasteiger partial charge in [-0.2, -0.15) is 5.26 Å². The summed E-state index contributed by atoms with van der Waals surface area (Å²) < 4.78 is 19.4. The molecule has 0 aliphatic carbocycles. The summed E-state index contributed by atoms with van der Waals surface area (Å²) in [5.41, 5.74) is 2.10. The number of halogens is 1. The largest absolute Gasteiger partial charge is 0.492 e. The number of carbonyl (C=O) groups excluding carboxylic acids is 1. The van der Waals surface area contributed by atoms with Crippen molar-refractivity contribution in [3.63, 3.8) is 0 Å². The van der Waals surface area contributed by atoms with E-state index in [0.29, 0.717) is 35.3 Å². The van der Waals surface area contributed by atoms with Gasteiger partial charge in [0.2, 0.25) is 5.91 Å². The molecule has 1 fully saturated rings. The summed E-state index contributed by atoms with van der Waals surface area (Å²) in [5.74, 6) is 0.508. The SMILES string of the molecule is CCOc1ccccc1N1CSC2=C(C#N)C(c3cccc(F)c3)CC(=O)N2C1. The molecule has 4 rings (SSSR count). The van der Waals surface area contributed by atoms with Crippen molar-refractivity contribution in [2.24, 2.45) is 0 Å². The number of para-hydroxylation sites is 2. The Labute approximate surface area is 173 Å². The second kappa shape index (κ2) is 8.18. The Morgan fingerprint density at radius 1 is 1.28 bits per heavy atom. The van der Waals surface area contributed by atoms with E-state index in [2.05, 4.69) is 11.0 Å². The fourth-order valence-electron chi connectivity index (χ4n) is 3.72. The molecule has 0 saturated carbocycles. The Hall–Kier alpha value is -2.98. The quantitative estimate of drug-likeness (QED) is 0.747. The fraction of sp³-hybridized carbons (Fsp3) is 0.273. The van der Waals surface area contributed by atoms with Crippen LogP contribution in [0.3, 0.4) is 0 Å². The average Bonchev–Trinajstić information content (AvgIpc) is 2.74. The van der Waals surface area contributed by atoms with Gasteiger partial charge in [-0.05, 0) is 36.8 Å². The number of rotatable bonds is 4. The van der Waals surface area contributed by atoms with Crippen molar-refractivity contribution in [3.8, 4) is 11.8 Å². The lowest BCUT2D eigenvalue weighted by Crippen LogP contribution is -2.47. The van der Waals surface area contributed by atoms with E-state index >= 15 is 0 Å². The number of carbonyl (C=O) groups is 1. The fourth-order valence-corrected chi connectivity index (χ4v) is 4.88. The first-order valence-electron chi connectivity index (χ1n) is 9.42. The lowest BCUT2D eigenvalue weighted by Gasteiger charge is -2.42. The number of fused-ring (bicyclic) bond motifs is 1. The third-order valence-corrected chi connectivity index (χ3v) is 6.20. The van der Waals surface area contributed by atoms with Crippen molar-refractivity contribution in [2.45, 2.75) is 19.3 Å². The van der Waals surface area contributed by atoms with Crippen LogP contribution in [0.2, 0.25) is 0 Å². The number of nitriles is 1. The number of allylic oxidation sites excluding steroid dienone is 1. The highest BCUT2D eigenvalue weighted by atomic mass is 32.2. The molecule has 2 aromatic carbocycles. The molecule has 148 valence electrons. The molecule has 0 N–H and O–H groups in total. The minimum absolute atomic E-state index is 0.0700. The lowest BCUT2D eigenvalue weighted by atomic mass is 9.86. The summed E-state index contributed by atoms with van der Waals surface area (Å²) in [7, 11) is 0. The molecule has 2 heterocycles. The highest BCUT2D eigenvalue weighted by molar-refractivity contribution is 8.03. The first-order valence-corrected chi connectivity index (χ1v) is 10.4. The third kappa shape index (κ3) is 3.68. The van der Waals surface area contributed by atoms with Crippen molar-refractivity contribution in [3.05, 3.63) is 70.5 Å². The highest BCUT2D eigenvalue weighted by Gasteiger charge is 2.38. The first kappa shape index (κ1) is 19.3. The van der Waals surface area contributed by atoms with Gasteiger partial charge in [0.05, 0.1) is 41.5 Å². The van der Waals surface area contributed by atoms with E-state index in [-0.39, 0.29) is 18.1 Å². The molecule has 0 radical (unpaired) electrons. The second-order valence-corrected chi connectivity index (χ2v) is 7.75. The van der Waals surface area contributed by atoms with Crippen molar-refractivity contribution in [1.82, 2.24) is 4.90 Å². The minimum atomic E-state index is -0.413. The summed E-state index contributed by atoms with van der Waals surface area (Å²) in [6.07, 6.45) is 0.150. The molecule has 1 atom stereocenters. The molecule has 5 nitrogen and oxygen atoms in total. The van der Waals surface area contributed by atoms with Crippen molar-refractivity contribution >= 4 is 23.4 Å². The molecule has 1 unspecified atom stereocenters. The van der Waals surface area contributed by atoms with Gasteiger partial charge in [-0.3, -0.25) is 9.69 Å². The van der Waals surface area contributed by atoms with Crippen LogP contribution in [0.1, 0.15) is 24.8 Å². The Bertz CT molecular complexity index is 1020. The van der Waals surface area contributed by atoms with Crippen LogP contribution >= 0.6 is 11.8 Å². The maximum Gasteiger partial charge on any atom is 0.229 e. The van der Waals surface area contributed by atoms with Crippen molar-refractivity contribution in [1.29, 1.82) is 5.26 Å². The summed E-state index contributed by atoms with van der Waals surface area (Å²) >= 11 is 1.45. The number of anilines is 1. The van der Waals surface area contributed by atoms with E-state index in [0.717, 1.165) is 11.4 Å². The van der Waals surface area contributed by atoms with Gasteiger partial charge in [0.1, 0.15) is 11.6 Å². The van der Waals surface area contributed by atoms with Gasteiger partial charge < -0.3 is 9.64 Å². The molecule has 0 bridgehead atoms. The highest BCUT2D eigenvalue weighted by Crippen LogP contribution is 2.44. The van der Waals surface area contributed by atoms with Gasteiger partial charge in [-0.15, -0.1) is 0 Å². The molecular formula is C22H20FN3O2S. The zero-order valence-electron chi connectivity index (χ0n) is 16.0. The van der Waals surface area contributed by atoms with Gasteiger partial charge in [0, 0.05) is 12.3 Å². The Morgan fingerprint density at radius 2 is 2.10 bits per heavy atom. The number of thioether (sulfide) groups is 1. The molecule has 2 aliphatic rings. The number of ether oxygens (including phenoxy) is 1. The number of benzene rings is 2. The predicted octanol–water partition coefficient (Wildman–Crippen LogP) is 4.44. The Kier molecular flexibility index (Phi) is 5.45. The normalized spacial score (nSPS) is 19.1. The molecule has 0 spiro atoms. The summed E-state index contributed by atoms with van der Waals surface area (Å²) in [5, 5.41) is 10.5. The van der Waals surface area contributed by atoms with Crippen LogP contribution < -0.4 is 9.64 Å². The van der Waals surface area contributed by atoms with E-state index in [1.54, 1.807) is 17.0 Å². The van der Waals surface area contributed by atoms with Crippen LogP contribution in [0.5, 0.6) is 5.75 Å². The Morgan fingerprint density at radius 3 is 2.86 bits per heavy atom. The monoisotopic (exact) mass is 409 g/mol.